The lowest BCUT2D eigenvalue weighted by atomic mass is 9.87. The number of H-pyrrole nitrogens is 1. The highest BCUT2D eigenvalue weighted by atomic mass is 35.5. The molecule has 0 aliphatic rings. The van der Waals surface area contributed by atoms with Crippen molar-refractivity contribution in [2.45, 2.75) is 13.3 Å². The van der Waals surface area contributed by atoms with Crippen LogP contribution in [-0.4, -0.2) is 16.2 Å². The number of halogens is 1. The van der Waals surface area contributed by atoms with Gasteiger partial charge in [-0.05, 0) is 53.0 Å². The lowest BCUT2D eigenvalue weighted by Gasteiger charge is -2.19. The Kier molecular flexibility index (Phi) is 6.01. The Morgan fingerprint density at radius 2 is 1.84 bits per heavy atom. The van der Waals surface area contributed by atoms with Crippen LogP contribution < -0.4 is 4.74 Å². The number of aromatic nitrogens is 2. The van der Waals surface area contributed by atoms with Crippen LogP contribution in [0.4, 0.5) is 0 Å². The predicted octanol–water partition coefficient (Wildman–Crippen LogP) is 6.68. The molecule has 0 amide bonds. The highest BCUT2D eigenvalue weighted by Crippen LogP contribution is 2.40. The zero-order chi connectivity index (χ0) is 21.8. The van der Waals surface area contributed by atoms with Crippen LogP contribution in [0.1, 0.15) is 30.0 Å². The summed E-state index contributed by atoms with van der Waals surface area (Å²) in [7, 11) is 0. The van der Waals surface area contributed by atoms with Crippen molar-refractivity contribution in [3.63, 3.8) is 0 Å². The lowest BCUT2D eigenvalue weighted by Crippen LogP contribution is -2.06. The second kappa shape index (κ2) is 9.02. The number of ether oxygens (including phenoxy) is 1. The number of esters is 1. The third-order valence-electron chi connectivity index (χ3n) is 5.12. The van der Waals surface area contributed by atoms with Crippen LogP contribution in [0, 0.1) is 0 Å². The highest BCUT2D eigenvalue weighted by molar-refractivity contribution is 6.32. The second-order valence-electron chi connectivity index (χ2n) is 6.98. The van der Waals surface area contributed by atoms with Gasteiger partial charge >= 0.3 is 5.97 Å². The van der Waals surface area contributed by atoms with Crippen LogP contribution in [0.2, 0.25) is 5.02 Å². The second-order valence-corrected chi connectivity index (χ2v) is 7.39. The molecular weight excluding hydrogens is 408 g/mol. The van der Waals surface area contributed by atoms with Crippen LogP contribution in [0.15, 0.2) is 85.6 Å². The summed E-state index contributed by atoms with van der Waals surface area (Å²) < 4.78 is 5.59. The Balaban J connectivity index is 2.04. The van der Waals surface area contributed by atoms with E-state index < -0.39 is 5.97 Å². The largest absolute Gasteiger partial charge is 0.423 e. The smallest absolute Gasteiger partial charge is 0.335 e. The number of fused-ring (bicyclic) bond motifs is 1. The average Bonchev–Trinajstić information content (AvgIpc) is 3.26. The van der Waals surface area contributed by atoms with E-state index in [0.717, 1.165) is 51.2 Å². The standard InChI is InChI=1S/C26H21ClN2O2/c1-3-19(20-9-5-7-11-22(20)27)26(17-13-14-23-18(15-17)16-28-29-23)21-10-6-8-12-24(21)31-25(30)4-2/h4-16H,2-3H2,1H3,(H,28,29)/b26-19+. The quantitative estimate of drug-likeness (QED) is 0.161. The van der Waals surface area contributed by atoms with E-state index >= 15 is 0 Å². The van der Waals surface area contributed by atoms with Crippen LogP contribution in [0.3, 0.4) is 0 Å². The summed E-state index contributed by atoms with van der Waals surface area (Å²) in [5.41, 5.74) is 5.68. The molecule has 4 nitrogen and oxygen atoms in total. The van der Waals surface area contributed by atoms with Crippen LogP contribution in [0.25, 0.3) is 22.0 Å². The van der Waals surface area contributed by atoms with Crippen molar-refractivity contribution in [3.8, 4) is 5.75 Å². The Labute approximate surface area is 185 Å². The van der Waals surface area contributed by atoms with Crippen molar-refractivity contribution in [2.24, 2.45) is 0 Å². The molecule has 1 aromatic heterocycles. The number of nitrogens with one attached hydrogen (secondary N) is 1. The van der Waals surface area contributed by atoms with Gasteiger partial charge in [0.1, 0.15) is 5.75 Å². The first-order valence-corrected chi connectivity index (χ1v) is 10.4. The number of carbonyl (C=O) groups excluding carboxylic acids is 1. The van der Waals surface area contributed by atoms with Crippen molar-refractivity contribution in [1.82, 2.24) is 10.2 Å². The molecule has 1 N–H and O–H groups in total. The molecule has 31 heavy (non-hydrogen) atoms. The number of rotatable bonds is 6. The lowest BCUT2D eigenvalue weighted by molar-refractivity contribution is -0.128. The van der Waals surface area contributed by atoms with E-state index in [0.29, 0.717) is 10.8 Å². The normalized spacial score (nSPS) is 11.8. The fourth-order valence-corrected chi connectivity index (χ4v) is 3.96. The monoisotopic (exact) mass is 428 g/mol. The summed E-state index contributed by atoms with van der Waals surface area (Å²) in [4.78, 5) is 12.0. The van der Waals surface area contributed by atoms with Gasteiger partial charge < -0.3 is 4.74 Å². The van der Waals surface area contributed by atoms with Crippen LogP contribution >= 0.6 is 11.6 Å². The summed E-state index contributed by atoms with van der Waals surface area (Å²) in [6.45, 7) is 5.60. The first-order valence-electron chi connectivity index (χ1n) is 9.97. The van der Waals surface area contributed by atoms with Gasteiger partial charge in [-0.25, -0.2) is 4.79 Å². The topological polar surface area (TPSA) is 55.0 Å². The molecule has 0 aliphatic carbocycles. The molecule has 0 unspecified atom stereocenters. The number of benzene rings is 3. The first kappa shape index (κ1) is 20.6. The van der Waals surface area contributed by atoms with Gasteiger partial charge in [0.15, 0.2) is 0 Å². The van der Waals surface area contributed by atoms with E-state index in [1.807, 2.05) is 54.6 Å². The van der Waals surface area contributed by atoms with Gasteiger partial charge in [-0.2, -0.15) is 5.10 Å². The van der Waals surface area contributed by atoms with Gasteiger partial charge in [-0.15, -0.1) is 0 Å². The molecule has 5 heteroatoms. The number of hydrogen-bond donors (Lipinski definition) is 1. The Hall–Kier alpha value is -3.63. The third-order valence-corrected chi connectivity index (χ3v) is 5.45. The molecule has 3 aromatic carbocycles. The van der Waals surface area contributed by atoms with E-state index in [1.54, 1.807) is 12.3 Å². The molecule has 1 heterocycles. The molecule has 4 aromatic rings. The van der Waals surface area contributed by atoms with Crippen molar-refractivity contribution in [3.05, 3.63) is 107 Å². The van der Waals surface area contributed by atoms with Gasteiger partial charge in [-0.3, -0.25) is 5.10 Å². The van der Waals surface area contributed by atoms with E-state index in [9.17, 15) is 4.79 Å². The van der Waals surface area contributed by atoms with Crippen LogP contribution in [-0.2, 0) is 4.79 Å². The number of carbonyl (C=O) groups is 1. The highest BCUT2D eigenvalue weighted by Gasteiger charge is 2.19. The Morgan fingerprint density at radius 1 is 1.10 bits per heavy atom. The minimum absolute atomic E-state index is 0.465. The zero-order valence-corrected chi connectivity index (χ0v) is 17.8. The molecule has 0 saturated carbocycles. The van der Waals surface area contributed by atoms with E-state index in [2.05, 4.69) is 29.8 Å². The molecule has 154 valence electrons. The van der Waals surface area contributed by atoms with Crippen molar-refractivity contribution in [1.29, 1.82) is 0 Å². The summed E-state index contributed by atoms with van der Waals surface area (Å²) in [6.07, 6.45) is 3.68. The number of allylic oxidation sites excluding steroid dienone is 1. The maximum absolute atomic E-state index is 12.0. The van der Waals surface area contributed by atoms with Crippen LogP contribution in [0.5, 0.6) is 5.75 Å². The summed E-state index contributed by atoms with van der Waals surface area (Å²) in [6, 6.07) is 21.4. The summed E-state index contributed by atoms with van der Waals surface area (Å²) in [5.74, 6) is -0.0411. The SMILES string of the molecule is C=CC(=O)Oc1ccccc1/C(=C(\CC)c1ccccc1Cl)c1ccc2[nH]ncc2c1. The van der Waals surface area contributed by atoms with E-state index in [-0.39, 0.29) is 0 Å². The first-order chi connectivity index (χ1) is 15.1. The van der Waals surface area contributed by atoms with Gasteiger partial charge in [0.25, 0.3) is 0 Å². The molecule has 0 atom stereocenters. The number of nitrogens with zero attached hydrogens (tertiary/aromatic N) is 1. The molecule has 0 radical (unpaired) electrons. The molecule has 0 saturated heterocycles. The number of hydrogen-bond acceptors (Lipinski definition) is 3. The Morgan fingerprint density at radius 3 is 2.58 bits per heavy atom. The molecule has 0 fully saturated rings. The average molecular weight is 429 g/mol. The third kappa shape index (κ3) is 4.16. The van der Waals surface area contributed by atoms with E-state index in [1.165, 1.54) is 0 Å². The molecule has 4 rings (SSSR count). The predicted molar refractivity (Wildman–Crippen MR) is 126 cm³/mol. The fourth-order valence-electron chi connectivity index (χ4n) is 3.71. The zero-order valence-electron chi connectivity index (χ0n) is 17.1. The molecule has 0 bridgehead atoms. The maximum Gasteiger partial charge on any atom is 0.335 e. The number of para-hydroxylation sites is 1. The fraction of sp³-hybridized carbons (Fsp3) is 0.0769. The van der Waals surface area contributed by atoms with Crippen molar-refractivity contribution < 1.29 is 9.53 Å². The van der Waals surface area contributed by atoms with Gasteiger partial charge in [0.05, 0.1) is 11.7 Å². The van der Waals surface area contributed by atoms with Gasteiger partial charge in [0.2, 0.25) is 0 Å². The maximum atomic E-state index is 12.0. The van der Waals surface area contributed by atoms with Gasteiger partial charge in [-0.1, -0.05) is 67.6 Å². The summed E-state index contributed by atoms with van der Waals surface area (Å²) in [5, 5.41) is 8.78. The summed E-state index contributed by atoms with van der Waals surface area (Å²) >= 11 is 6.59. The van der Waals surface area contributed by atoms with Gasteiger partial charge in [0, 0.05) is 22.0 Å². The van der Waals surface area contributed by atoms with E-state index in [4.69, 9.17) is 16.3 Å². The Bertz CT molecular complexity index is 1300. The number of aromatic amines is 1. The molecule has 0 spiro atoms. The minimum Gasteiger partial charge on any atom is -0.423 e. The molecule has 0 aliphatic heterocycles. The minimum atomic E-state index is -0.507. The molecular formula is C26H21ClN2O2. The van der Waals surface area contributed by atoms with Crippen molar-refractivity contribution in [2.75, 3.05) is 0 Å². The van der Waals surface area contributed by atoms with Crippen molar-refractivity contribution >= 4 is 39.6 Å².